The Morgan fingerprint density at radius 1 is 1.26 bits per heavy atom. The van der Waals surface area contributed by atoms with Gasteiger partial charge in [0.15, 0.2) is 0 Å². The molecular weight excluding hydrogens is 264 g/mol. The normalized spacial score (nSPS) is 10.8. The van der Waals surface area contributed by atoms with Crippen molar-refractivity contribution in [2.75, 3.05) is 5.73 Å². The Bertz CT molecular complexity index is 715. The van der Waals surface area contributed by atoms with Crippen molar-refractivity contribution in [3.8, 4) is 22.4 Å². The molecule has 0 radical (unpaired) electrons. The molecule has 5 nitrogen and oxygen atoms in total. The van der Waals surface area contributed by atoms with Crippen molar-refractivity contribution in [2.24, 2.45) is 0 Å². The summed E-state index contributed by atoms with van der Waals surface area (Å²) in [7, 11) is 0. The van der Waals surface area contributed by atoms with Gasteiger partial charge in [0.1, 0.15) is 5.69 Å². The molecular formula is C13H11ClN4O. The highest BCUT2D eigenvalue weighted by Gasteiger charge is 2.19. The molecule has 3 aromatic rings. The molecule has 6 heteroatoms. The first-order valence-electron chi connectivity index (χ1n) is 5.68. The zero-order valence-electron chi connectivity index (χ0n) is 10.1. The van der Waals surface area contributed by atoms with Crippen LogP contribution < -0.4 is 5.73 Å². The molecule has 96 valence electrons. The first-order chi connectivity index (χ1) is 9.16. The summed E-state index contributed by atoms with van der Waals surface area (Å²) in [6.45, 7) is 1.92. The predicted molar refractivity (Wildman–Crippen MR) is 73.7 cm³/mol. The monoisotopic (exact) mass is 274 g/mol. The van der Waals surface area contributed by atoms with E-state index in [1.54, 1.807) is 18.3 Å². The number of nitrogens with one attached hydrogen (secondary N) is 1. The van der Waals surface area contributed by atoms with Gasteiger partial charge in [0.05, 0.1) is 11.8 Å². The number of aromatic nitrogens is 3. The van der Waals surface area contributed by atoms with Crippen LogP contribution in [0.2, 0.25) is 5.02 Å². The van der Waals surface area contributed by atoms with Crippen LogP contribution >= 0.6 is 11.6 Å². The van der Waals surface area contributed by atoms with Crippen molar-refractivity contribution in [1.29, 1.82) is 0 Å². The SMILES string of the molecule is Cc1[nH]ncc1-c1noc(N)c1-c1ccc(Cl)cc1. The molecule has 19 heavy (non-hydrogen) atoms. The third kappa shape index (κ3) is 1.98. The summed E-state index contributed by atoms with van der Waals surface area (Å²) in [5.41, 5.74) is 9.97. The smallest absolute Gasteiger partial charge is 0.230 e. The van der Waals surface area contributed by atoms with Gasteiger partial charge in [-0.1, -0.05) is 28.9 Å². The summed E-state index contributed by atoms with van der Waals surface area (Å²) < 4.78 is 5.11. The van der Waals surface area contributed by atoms with E-state index in [4.69, 9.17) is 21.9 Å². The molecule has 0 fully saturated rings. The summed E-state index contributed by atoms with van der Waals surface area (Å²) in [5.74, 6) is 0.276. The molecule has 0 unspecified atom stereocenters. The van der Waals surface area contributed by atoms with Crippen LogP contribution in [-0.4, -0.2) is 15.4 Å². The summed E-state index contributed by atoms with van der Waals surface area (Å²) in [5, 5.41) is 11.5. The van der Waals surface area contributed by atoms with Gasteiger partial charge < -0.3 is 10.3 Å². The number of H-pyrrole nitrogens is 1. The van der Waals surface area contributed by atoms with Crippen molar-refractivity contribution < 1.29 is 4.52 Å². The fourth-order valence-electron chi connectivity index (χ4n) is 1.97. The number of hydrogen-bond donors (Lipinski definition) is 2. The fraction of sp³-hybridized carbons (Fsp3) is 0.0769. The average molecular weight is 275 g/mol. The number of aryl methyl sites for hydroxylation is 1. The number of nitrogens with two attached hydrogens (primary N) is 1. The number of halogens is 1. The summed E-state index contributed by atoms with van der Waals surface area (Å²) in [6.07, 6.45) is 1.70. The first kappa shape index (κ1) is 11.8. The van der Waals surface area contributed by atoms with E-state index in [2.05, 4.69) is 15.4 Å². The molecule has 0 aliphatic carbocycles. The van der Waals surface area contributed by atoms with Crippen molar-refractivity contribution in [2.45, 2.75) is 6.92 Å². The molecule has 0 atom stereocenters. The van der Waals surface area contributed by atoms with Gasteiger partial charge in [0.25, 0.3) is 0 Å². The van der Waals surface area contributed by atoms with Crippen LogP contribution in [0, 0.1) is 6.92 Å². The van der Waals surface area contributed by atoms with Crippen LogP contribution in [0.4, 0.5) is 5.88 Å². The molecule has 0 aliphatic rings. The van der Waals surface area contributed by atoms with E-state index in [1.165, 1.54) is 0 Å². The van der Waals surface area contributed by atoms with E-state index in [0.29, 0.717) is 10.7 Å². The van der Waals surface area contributed by atoms with Crippen molar-refractivity contribution in [1.82, 2.24) is 15.4 Å². The number of rotatable bonds is 2. The van der Waals surface area contributed by atoms with Gasteiger partial charge in [-0.2, -0.15) is 5.10 Å². The molecule has 0 spiro atoms. The van der Waals surface area contributed by atoms with E-state index < -0.39 is 0 Å². The quantitative estimate of drug-likeness (QED) is 0.751. The summed E-state index contributed by atoms with van der Waals surface area (Å²) in [4.78, 5) is 0. The Morgan fingerprint density at radius 3 is 2.63 bits per heavy atom. The minimum Gasteiger partial charge on any atom is -0.367 e. The van der Waals surface area contributed by atoms with Gasteiger partial charge >= 0.3 is 0 Å². The highest BCUT2D eigenvalue weighted by Crippen LogP contribution is 2.37. The van der Waals surface area contributed by atoms with Crippen LogP contribution in [0.1, 0.15) is 5.69 Å². The first-order valence-corrected chi connectivity index (χ1v) is 6.06. The predicted octanol–water partition coefficient (Wildman–Crippen LogP) is 3.28. The molecule has 1 aromatic carbocycles. The lowest BCUT2D eigenvalue weighted by Gasteiger charge is -2.02. The van der Waals surface area contributed by atoms with Crippen LogP contribution in [0.5, 0.6) is 0 Å². The lowest BCUT2D eigenvalue weighted by molar-refractivity contribution is 0.439. The number of anilines is 1. The number of nitrogens with zero attached hydrogens (tertiary/aromatic N) is 2. The second kappa shape index (κ2) is 4.44. The van der Waals surface area contributed by atoms with Gasteiger partial charge in [-0.25, -0.2) is 0 Å². The summed E-state index contributed by atoms with van der Waals surface area (Å²) in [6, 6.07) is 7.36. The minimum absolute atomic E-state index is 0.276. The van der Waals surface area contributed by atoms with Gasteiger partial charge in [-0.05, 0) is 24.6 Å². The van der Waals surface area contributed by atoms with Crippen molar-refractivity contribution in [3.63, 3.8) is 0 Å². The van der Waals surface area contributed by atoms with E-state index in [-0.39, 0.29) is 5.88 Å². The van der Waals surface area contributed by atoms with Crippen molar-refractivity contribution >= 4 is 17.5 Å². The van der Waals surface area contributed by atoms with E-state index >= 15 is 0 Å². The third-order valence-corrected chi connectivity index (χ3v) is 3.19. The van der Waals surface area contributed by atoms with Crippen LogP contribution in [0.15, 0.2) is 35.0 Å². The molecule has 0 bridgehead atoms. The Labute approximate surface area is 114 Å². The zero-order chi connectivity index (χ0) is 13.4. The number of aromatic amines is 1. The topological polar surface area (TPSA) is 80.7 Å². The van der Waals surface area contributed by atoms with Gasteiger partial charge in [-0.15, -0.1) is 0 Å². The number of hydrogen-bond acceptors (Lipinski definition) is 4. The molecule has 3 N–H and O–H groups in total. The minimum atomic E-state index is 0.276. The van der Waals surface area contributed by atoms with Crippen LogP contribution in [0.3, 0.4) is 0 Å². The number of nitrogen functional groups attached to an aromatic ring is 1. The van der Waals surface area contributed by atoms with Gasteiger partial charge in [-0.3, -0.25) is 5.10 Å². The lowest BCUT2D eigenvalue weighted by Crippen LogP contribution is -1.88. The average Bonchev–Trinajstić information content (AvgIpc) is 2.97. The maximum atomic E-state index is 5.89. The molecule has 0 aliphatic heterocycles. The van der Waals surface area contributed by atoms with Gasteiger partial charge in [0, 0.05) is 16.3 Å². The highest BCUT2D eigenvalue weighted by molar-refractivity contribution is 6.30. The van der Waals surface area contributed by atoms with Gasteiger partial charge in [0.2, 0.25) is 5.88 Å². The van der Waals surface area contributed by atoms with E-state index in [1.807, 2.05) is 19.1 Å². The molecule has 0 amide bonds. The van der Waals surface area contributed by atoms with Crippen LogP contribution in [-0.2, 0) is 0 Å². The highest BCUT2D eigenvalue weighted by atomic mass is 35.5. The Hall–Kier alpha value is -2.27. The molecule has 0 saturated carbocycles. The molecule has 0 saturated heterocycles. The standard InChI is InChI=1S/C13H11ClN4O/c1-7-10(6-16-17-7)12-11(13(15)19-18-12)8-2-4-9(14)5-3-8/h2-6H,15H2,1H3,(H,16,17). The second-order valence-electron chi connectivity index (χ2n) is 4.19. The van der Waals surface area contributed by atoms with Crippen LogP contribution in [0.25, 0.3) is 22.4 Å². The van der Waals surface area contributed by atoms with E-state index in [9.17, 15) is 0 Å². The van der Waals surface area contributed by atoms with Crippen molar-refractivity contribution in [3.05, 3.63) is 41.2 Å². The maximum Gasteiger partial charge on any atom is 0.230 e. The fourth-order valence-corrected chi connectivity index (χ4v) is 2.10. The Kier molecular flexibility index (Phi) is 2.76. The third-order valence-electron chi connectivity index (χ3n) is 2.94. The molecule has 3 rings (SSSR count). The molecule has 2 heterocycles. The second-order valence-corrected chi connectivity index (χ2v) is 4.62. The zero-order valence-corrected chi connectivity index (χ0v) is 10.9. The maximum absolute atomic E-state index is 5.89. The summed E-state index contributed by atoms with van der Waals surface area (Å²) >= 11 is 5.89. The Balaban J connectivity index is 2.19. The lowest BCUT2D eigenvalue weighted by atomic mass is 10.0. The number of benzene rings is 1. The molecule has 2 aromatic heterocycles. The Morgan fingerprint density at radius 2 is 2.00 bits per heavy atom. The largest absolute Gasteiger partial charge is 0.367 e. The van der Waals surface area contributed by atoms with E-state index in [0.717, 1.165) is 22.4 Å².